The molecule has 0 atom stereocenters. The molecule has 1 aliphatic heterocycles. The Morgan fingerprint density at radius 2 is 1.93 bits per heavy atom. The van der Waals surface area contributed by atoms with Crippen LogP contribution >= 0.6 is 0 Å². The molecule has 2 rings (SSSR count). The standard InChI is InChI=1S/C11H9NO2/c12-7-9-1-3-10(4-2-9)11-8-13-5-6-14-11/h1-4,8H,5-6H2. The lowest BCUT2D eigenvalue weighted by Crippen LogP contribution is -2.07. The molecule has 14 heavy (non-hydrogen) atoms. The van der Waals surface area contributed by atoms with Crippen LogP contribution in [0.1, 0.15) is 11.1 Å². The lowest BCUT2D eigenvalue weighted by molar-refractivity contribution is 0.125. The molecule has 0 fully saturated rings. The van der Waals surface area contributed by atoms with Crippen molar-refractivity contribution in [2.45, 2.75) is 0 Å². The first kappa shape index (κ1) is 8.64. The highest BCUT2D eigenvalue weighted by Gasteiger charge is 2.07. The molecule has 3 nitrogen and oxygen atoms in total. The number of hydrogen-bond donors (Lipinski definition) is 0. The van der Waals surface area contributed by atoms with E-state index in [1.165, 1.54) is 0 Å². The molecular formula is C11H9NO2. The molecule has 1 aliphatic rings. The van der Waals surface area contributed by atoms with Crippen LogP contribution in [0.4, 0.5) is 0 Å². The van der Waals surface area contributed by atoms with Crippen LogP contribution in [0, 0.1) is 11.3 Å². The highest BCUT2D eigenvalue weighted by molar-refractivity contribution is 5.59. The molecule has 3 heteroatoms. The first-order valence-corrected chi connectivity index (χ1v) is 4.35. The zero-order chi connectivity index (χ0) is 9.80. The van der Waals surface area contributed by atoms with Gasteiger partial charge in [0.25, 0.3) is 0 Å². The van der Waals surface area contributed by atoms with E-state index in [1.807, 2.05) is 12.1 Å². The minimum absolute atomic E-state index is 0.575. The Labute approximate surface area is 82.2 Å². The first-order chi connectivity index (χ1) is 6.90. The van der Waals surface area contributed by atoms with Crippen LogP contribution < -0.4 is 0 Å². The van der Waals surface area contributed by atoms with Crippen LogP contribution in [-0.4, -0.2) is 13.2 Å². The van der Waals surface area contributed by atoms with Crippen LogP contribution in [0.5, 0.6) is 0 Å². The molecule has 1 aromatic carbocycles. The number of ether oxygens (including phenoxy) is 2. The summed E-state index contributed by atoms with van der Waals surface area (Å²) in [6.45, 7) is 1.17. The van der Waals surface area contributed by atoms with Gasteiger partial charge in [0, 0.05) is 5.56 Å². The molecule has 0 amide bonds. The maximum atomic E-state index is 8.62. The fraction of sp³-hybridized carbons (Fsp3) is 0.182. The second-order valence-corrected chi connectivity index (χ2v) is 2.89. The van der Waals surface area contributed by atoms with E-state index < -0.39 is 0 Å². The molecule has 1 aromatic rings. The van der Waals surface area contributed by atoms with Crippen molar-refractivity contribution >= 4 is 5.76 Å². The van der Waals surface area contributed by atoms with E-state index in [4.69, 9.17) is 14.7 Å². The van der Waals surface area contributed by atoms with Gasteiger partial charge >= 0.3 is 0 Å². The molecule has 0 saturated heterocycles. The van der Waals surface area contributed by atoms with Crippen molar-refractivity contribution in [1.29, 1.82) is 5.26 Å². The highest BCUT2D eigenvalue weighted by Crippen LogP contribution is 2.18. The van der Waals surface area contributed by atoms with Crippen molar-refractivity contribution in [1.82, 2.24) is 0 Å². The number of nitriles is 1. The third-order valence-corrected chi connectivity index (χ3v) is 1.95. The summed E-state index contributed by atoms with van der Waals surface area (Å²) in [6.07, 6.45) is 1.60. The summed E-state index contributed by atoms with van der Waals surface area (Å²) in [7, 11) is 0. The lowest BCUT2D eigenvalue weighted by atomic mass is 10.1. The highest BCUT2D eigenvalue weighted by atomic mass is 16.6. The summed E-state index contributed by atoms with van der Waals surface area (Å²) in [5.74, 6) is 0.723. The summed E-state index contributed by atoms with van der Waals surface area (Å²) >= 11 is 0. The second-order valence-electron chi connectivity index (χ2n) is 2.89. The first-order valence-electron chi connectivity index (χ1n) is 4.35. The van der Waals surface area contributed by atoms with Crippen molar-refractivity contribution in [3.8, 4) is 6.07 Å². The Balaban J connectivity index is 2.25. The van der Waals surface area contributed by atoms with Gasteiger partial charge in [0.05, 0.1) is 11.6 Å². The normalized spacial score (nSPS) is 14.6. The van der Waals surface area contributed by atoms with E-state index in [1.54, 1.807) is 18.4 Å². The van der Waals surface area contributed by atoms with Crippen LogP contribution in [0.3, 0.4) is 0 Å². The van der Waals surface area contributed by atoms with Gasteiger partial charge in [-0.15, -0.1) is 0 Å². The zero-order valence-electron chi connectivity index (χ0n) is 7.56. The minimum atomic E-state index is 0.575. The summed E-state index contributed by atoms with van der Waals surface area (Å²) in [5, 5.41) is 8.62. The van der Waals surface area contributed by atoms with Gasteiger partial charge in [0.15, 0.2) is 5.76 Å². The predicted molar refractivity (Wildman–Crippen MR) is 51.0 cm³/mol. The van der Waals surface area contributed by atoms with Gasteiger partial charge in [-0.1, -0.05) is 0 Å². The predicted octanol–water partition coefficient (Wildman–Crippen LogP) is 1.90. The van der Waals surface area contributed by atoms with Gasteiger partial charge in [0.2, 0.25) is 0 Å². The molecule has 70 valence electrons. The van der Waals surface area contributed by atoms with E-state index in [0.717, 1.165) is 11.3 Å². The number of benzene rings is 1. The van der Waals surface area contributed by atoms with Crippen LogP contribution in [0.15, 0.2) is 30.5 Å². The smallest absolute Gasteiger partial charge is 0.161 e. The van der Waals surface area contributed by atoms with E-state index in [9.17, 15) is 0 Å². The van der Waals surface area contributed by atoms with Crippen molar-refractivity contribution in [2.75, 3.05) is 13.2 Å². The van der Waals surface area contributed by atoms with Crippen molar-refractivity contribution in [2.24, 2.45) is 0 Å². The molecule has 0 bridgehead atoms. The van der Waals surface area contributed by atoms with Gasteiger partial charge in [-0.3, -0.25) is 0 Å². The molecular weight excluding hydrogens is 178 g/mol. The number of nitrogens with zero attached hydrogens (tertiary/aromatic N) is 1. The number of hydrogen-bond acceptors (Lipinski definition) is 3. The zero-order valence-corrected chi connectivity index (χ0v) is 7.56. The molecule has 0 aliphatic carbocycles. The summed E-state index contributed by atoms with van der Waals surface area (Å²) in [6, 6.07) is 9.27. The van der Waals surface area contributed by atoms with Gasteiger partial charge < -0.3 is 9.47 Å². The van der Waals surface area contributed by atoms with Gasteiger partial charge in [0.1, 0.15) is 19.5 Å². The van der Waals surface area contributed by atoms with Crippen LogP contribution in [0.25, 0.3) is 5.76 Å². The van der Waals surface area contributed by atoms with Crippen LogP contribution in [-0.2, 0) is 9.47 Å². The third-order valence-electron chi connectivity index (χ3n) is 1.95. The molecule has 0 saturated carbocycles. The fourth-order valence-electron chi connectivity index (χ4n) is 1.23. The Hall–Kier alpha value is -1.95. The molecule has 0 N–H and O–H groups in total. The Kier molecular flexibility index (Phi) is 2.37. The maximum Gasteiger partial charge on any atom is 0.161 e. The van der Waals surface area contributed by atoms with E-state index in [0.29, 0.717) is 18.8 Å². The monoisotopic (exact) mass is 187 g/mol. The fourth-order valence-corrected chi connectivity index (χ4v) is 1.23. The molecule has 0 radical (unpaired) electrons. The SMILES string of the molecule is N#Cc1ccc(C2=COCCO2)cc1. The topological polar surface area (TPSA) is 42.2 Å². The van der Waals surface area contributed by atoms with Crippen molar-refractivity contribution in [3.05, 3.63) is 41.7 Å². The Morgan fingerprint density at radius 1 is 1.14 bits per heavy atom. The molecule has 1 heterocycles. The molecule has 0 unspecified atom stereocenters. The minimum Gasteiger partial charge on any atom is -0.494 e. The van der Waals surface area contributed by atoms with E-state index >= 15 is 0 Å². The van der Waals surface area contributed by atoms with Gasteiger partial charge in [-0.2, -0.15) is 5.26 Å². The largest absolute Gasteiger partial charge is 0.494 e. The average molecular weight is 187 g/mol. The third kappa shape index (κ3) is 1.69. The van der Waals surface area contributed by atoms with Crippen molar-refractivity contribution in [3.63, 3.8) is 0 Å². The van der Waals surface area contributed by atoms with Crippen molar-refractivity contribution < 1.29 is 9.47 Å². The van der Waals surface area contributed by atoms with Gasteiger partial charge in [-0.05, 0) is 24.3 Å². The summed E-state index contributed by atoms with van der Waals surface area (Å²) in [4.78, 5) is 0. The quantitative estimate of drug-likeness (QED) is 0.674. The summed E-state index contributed by atoms with van der Waals surface area (Å²) in [5.41, 5.74) is 1.58. The van der Waals surface area contributed by atoms with Crippen LogP contribution in [0.2, 0.25) is 0 Å². The lowest BCUT2D eigenvalue weighted by Gasteiger charge is -2.15. The number of rotatable bonds is 1. The van der Waals surface area contributed by atoms with Gasteiger partial charge in [-0.25, -0.2) is 0 Å². The average Bonchev–Trinajstić information content (AvgIpc) is 2.30. The van der Waals surface area contributed by atoms with E-state index in [2.05, 4.69) is 6.07 Å². The molecule has 0 aromatic heterocycles. The second kappa shape index (κ2) is 3.84. The summed E-state index contributed by atoms with van der Waals surface area (Å²) < 4.78 is 10.5. The molecule has 0 spiro atoms. The Morgan fingerprint density at radius 3 is 2.50 bits per heavy atom. The Bertz CT molecular complexity index is 387. The maximum absolute atomic E-state index is 8.62. The van der Waals surface area contributed by atoms with E-state index in [-0.39, 0.29) is 0 Å².